The number of hydrogen-bond acceptors (Lipinski definition) is 6. The molecule has 7 heteroatoms. The van der Waals surface area contributed by atoms with Crippen molar-refractivity contribution in [2.24, 2.45) is 10.9 Å². The van der Waals surface area contributed by atoms with Crippen molar-refractivity contribution in [2.45, 2.75) is 65.2 Å². The van der Waals surface area contributed by atoms with Gasteiger partial charge in [-0.3, -0.25) is 9.59 Å². The van der Waals surface area contributed by atoms with Crippen LogP contribution in [0.1, 0.15) is 65.4 Å². The van der Waals surface area contributed by atoms with E-state index >= 15 is 0 Å². The molecular weight excluding hydrogens is 468 g/mol. The lowest BCUT2D eigenvalue weighted by Gasteiger charge is -2.29. The van der Waals surface area contributed by atoms with Gasteiger partial charge in [0.05, 0.1) is 14.2 Å². The SMILES string of the molecule is CCCCCCCN(C(=Nc1ccc(OC)cc1OC)C1C(=O)COC1=O)c1ccc(C(C)(C)C)cc1. The molecule has 1 fully saturated rings. The van der Waals surface area contributed by atoms with Gasteiger partial charge in [0, 0.05) is 18.3 Å². The highest BCUT2D eigenvalue weighted by atomic mass is 16.5. The first-order chi connectivity index (χ1) is 17.7. The molecule has 0 amide bonds. The van der Waals surface area contributed by atoms with Gasteiger partial charge in [0.25, 0.3) is 0 Å². The number of rotatable bonds is 11. The summed E-state index contributed by atoms with van der Waals surface area (Å²) in [5.41, 5.74) is 2.59. The van der Waals surface area contributed by atoms with Crippen molar-refractivity contribution < 1.29 is 23.8 Å². The minimum atomic E-state index is -1.09. The van der Waals surface area contributed by atoms with Crippen molar-refractivity contribution in [1.29, 1.82) is 0 Å². The number of ether oxygens (including phenoxy) is 3. The summed E-state index contributed by atoms with van der Waals surface area (Å²) >= 11 is 0. The van der Waals surface area contributed by atoms with Gasteiger partial charge in [-0.15, -0.1) is 0 Å². The molecule has 0 bridgehead atoms. The van der Waals surface area contributed by atoms with Gasteiger partial charge in [-0.1, -0.05) is 65.5 Å². The van der Waals surface area contributed by atoms with Gasteiger partial charge in [-0.05, 0) is 41.7 Å². The van der Waals surface area contributed by atoms with Crippen LogP contribution in [0.2, 0.25) is 0 Å². The number of cyclic esters (lactones) is 1. The molecule has 0 aromatic heterocycles. The minimum absolute atomic E-state index is 0.00210. The van der Waals surface area contributed by atoms with Crippen LogP contribution in [-0.2, 0) is 19.7 Å². The van der Waals surface area contributed by atoms with Gasteiger partial charge < -0.3 is 19.1 Å². The summed E-state index contributed by atoms with van der Waals surface area (Å²) in [6.45, 7) is 9.08. The first kappa shape index (κ1) is 28.2. The lowest BCUT2D eigenvalue weighted by atomic mass is 9.87. The highest BCUT2D eigenvalue weighted by Crippen LogP contribution is 2.34. The maximum atomic E-state index is 12.9. The maximum Gasteiger partial charge on any atom is 0.324 e. The van der Waals surface area contributed by atoms with E-state index in [2.05, 4.69) is 39.8 Å². The summed E-state index contributed by atoms with van der Waals surface area (Å²) in [6.07, 6.45) is 5.42. The van der Waals surface area contributed by atoms with Crippen LogP contribution >= 0.6 is 0 Å². The average Bonchev–Trinajstić information content (AvgIpc) is 3.22. The van der Waals surface area contributed by atoms with Crippen LogP contribution in [0.15, 0.2) is 47.5 Å². The zero-order valence-corrected chi connectivity index (χ0v) is 23.0. The molecule has 1 aliphatic heterocycles. The highest BCUT2D eigenvalue weighted by molar-refractivity contribution is 6.26. The number of methoxy groups -OCH3 is 2. The normalized spacial score (nSPS) is 16.1. The highest BCUT2D eigenvalue weighted by Gasteiger charge is 2.42. The van der Waals surface area contributed by atoms with Crippen LogP contribution in [0.4, 0.5) is 11.4 Å². The van der Waals surface area contributed by atoms with Crippen LogP contribution in [0.3, 0.4) is 0 Å². The van der Waals surface area contributed by atoms with Crippen LogP contribution in [0, 0.1) is 5.92 Å². The molecule has 1 saturated heterocycles. The third kappa shape index (κ3) is 7.12. The fraction of sp³-hybridized carbons (Fsp3) is 0.500. The van der Waals surface area contributed by atoms with Gasteiger partial charge in [-0.2, -0.15) is 0 Å². The van der Waals surface area contributed by atoms with Gasteiger partial charge in [0.2, 0.25) is 0 Å². The number of carbonyl (C=O) groups excluding carboxylic acids is 2. The summed E-state index contributed by atoms with van der Waals surface area (Å²) in [7, 11) is 3.14. The number of Topliss-reactive ketones (excluding diaryl/α,β-unsaturated/α-hetero) is 1. The predicted octanol–water partition coefficient (Wildman–Crippen LogP) is 6.25. The Morgan fingerprint density at radius 2 is 1.70 bits per heavy atom. The number of anilines is 1. The van der Waals surface area contributed by atoms with Gasteiger partial charge in [-0.25, -0.2) is 4.99 Å². The fourth-order valence-electron chi connectivity index (χ4n) is 4.36. The first-order valence-electron chi connectivity index (χ1n) is 13.1. The average molecular weight is 509 g/mol. The Kier molecular flexibility index (Phi) is 9.73. The molecule has 0 spiro atoms. The smallest absolute Gasteiger partial charge is 0.324 e. The predicted molar refractivity (Wildman–Crippen MR) is 147 cm³/mol. The molecule has 37 heavy (non-hydrogen) atoms. The number of benzene rings is 2. The monoisotopic (exact) mass is 508 g/mol. The van der Waals surface area contributed by atoms with Gasteiger partial charge in [0.15, 0.2) is 18.3 Å². The Morgan fingerprint density at radius 3 is 2.27 bits per heavy atom. The second-order valence-corrected chi connectivity index (χ2v) is 10.4. The Labute approximate surface area is 220 Å². The third-order valence-electron chi connectivity index (χ3n) is 6.60. The molecule has 0 radical (unpaired) electrons. The Hall–Kier alpha value is -3.35. The molecule has 3 rings (SSSR count). The number of unbranched alkanes of at least 4 members (excludes halogenated alkanes) is 4. The molecule has 1 unspecified atom stereocenters. The van der Waals surface area contributed by atoms with E-state index in [-0.39, 0.29) is 17.8 Å². The quantitative estimate of drug-likeness (QED) is 0.117. The maximum absolute atomic E-state index is 12.9. The van der Waals surface area contributed by atoms with Crippen molar-refractivity contribution in [2.75, 3.05) is 32.3 Å². The lowest BCUT2D eigenvalue weighted by molar-refractivity contribution is -0.139. The zero-order chi connectivity index (χ0) is 27.0. The van der Waals surface area contributed by atoms with Crippen molar-refractivity contribution in [3.63, 3.8) is 0 Å². The summed E-state index contributed by atoms with van der Waals surface area (Å²) in [5.74, 6) is -0.488. The Bertz CT molecular complexity index is 1090. The van der Waals surface area contributed by atoms with Crippen LogP contribution in [0.5, 0.6) is 11.5 Å². The number of amidine groups is 1. The number of hydrogen-bond donors (Lipinski definition) is 0. The zero-order valence-electron chi connectivity index (χ0n) is 23.0. The summed E-state index contributed by atoms with van der Waals surface area (Å²) < 4.78 is 16.0. The first-order valence-corrected chi connectivity index (χ1v) is 13.1. The van der Waals surface area contributed by atoms with E-state index in [0.29, 0.717) is 29.6 Å². The second-order valence-electron chi connectivity index (χ2n) is 10.4. The van der Waals surface area contributed by atoms with Crippen LogP contribution in [0.25, 0.3) is 0 Å². The van der Waals surface area contributed by atoms with E-state index in [0.717, 1.165) is 31.4 Å². The second kappa shape index (κ2) is 12.7. The number of ketones is 1. The van der Waals surface area contributed by atoms with E-state index in [9.17, 15) is 9.59 Å². The Balaban J connectivity index is 2.11. The molecule has 2 aromatic rings. The minimum Gasteiger partial charge on any atom is -0.497 e. The molecule has 1 atom stereocenters. The molecule has 0 saturated carbocycles. The standard InChI is InChI=1S/C30H40N2O5/c1-7-8-9-10-11-18-32(22-14-12-21(13-15-22)30(2,3)4)28(27-25(33)20-37-29(27)34)31-24-17-16-23(35-5)19-26(24)36-6/h12-17,19,27H,7-11,18,20H2,1-6H3. The van der Waals surface area contributed by atoms with Crippen molar-refractivity contribution >= 4 is 29.0 Å². The van der Waals surface area contributed by atoms with Crippen molar-refractivity contribution in [1.82, 2.24) is 0 Å². The topological polar surface area (TPSA) is 77.4 Å². The number of nitrogens with zero attached hydrogens (tertiary/aromatic N) is 2. The van der Waals surface area contributed by atoms with E-state index < -0.39 is 11.9 Å². The molecule has 1 heterocycles. The molecule has 2 aromatic carbocycles. The van der Waals surface area contributed by atoms with E-state index in [1.165, 1.54) is 12.0 Å². The molecular formula is C30H40N2O5. The summed E-state index contributed by atoms with van der Waals surface area (Å²) in [4.78, 5) is 32.6. The molecule has 0 N–H and O–H groups in total. The van der Waals surface area contributed by atoms with E-state index in [1.807, 2.05) is 17.0 Å². The Morgan fingerprint density at radius 1 is 1.00 bits per heavy atom. The summed E-state index contributed by atoms with van der Waals surface area (Å²) in [5, 5.41) is 0. The van der Waals surface area contributed by atoms with Crippen molar-refractivity contribution in [3.8, 4) is 11.5 Å². The van der Waals surface area contributed by atoms with E-state index in [4.69, 9.17) is 19.2 Å². The number of carbonyl (C=O) groups is 2. The van der Waals surface area contributed by atoms with Crippen LogP contribution < -0.4 is 14.4 Å². The lowest BCUT2D eigenvalue weighted by Crippen LogP contribution is -2.41. The molecule has 1 aliphatic rings. The molecule has 200 valence electrons. The van der Waals surface area contributed by atoms with Crippen molar-refractivity contribution in [3.05, 3.63) is 48.0 Å². The molecule has 0 aliphatic carbocycles. The fourth-order valence-corrected chi connectivity index (χ4v) is 4.36. The largest absolute Gasteiger partial charge is 0.497 e. The van der Waals surface area contributed by atoms with E-state index in [1.54, 1.807) is 32.4 Å². The molecule has 7 nitrogen and oxygen atoms in total. The number of esters is 1. The third-order valence-corrected chi connectivity index (χ3v) is 6.60. The summed E-state index contributed by atoms with van der Waals surface area (Å²) in [6, 6.07) is 13.6. The van der Waals surface area contributed by atoms with Crippen LogP contribution in [-0.4, -0.2) is 45.0 Å². The van der Waals surface area contributed by atoms with Gasteiger partial charge >= 0.3 is 5.97 Å². The number of aliphatic imine (C=N–C) groups is 1. The van der Waals surface area contributed by atoms with Gasteiger partial charge in [0.1, 0.15) is 23.0 Å².